The lowest BCUT2D eigenvalue weighted by molar-refractivity contribution is -0.137. The Morgan fingerprint density at radius 3 is 2.47 bits per heavy atom. The largest absolute Gasteiger partial charge is 0.417 e. The second-order valence-corrected chi connectivity index (χ2v) is 7.85. The fourth-order valence-corrected chi connectivity index (χ4v) is 3.63. The van der Waals surface area contributed by atoms with Crippen molar-refractivity contribution in [3.05, 3.63) is 89.3 Å². The lowest BCUT2D eigenvalue weighted by Crippen LogP contribution is -2.34. The van der Waals surface area contributed by atoms with Crippen LogP contribution in [0.2, 0.25) is 0 Å². The smallest absolute Gasteiger partial charge is 0.384 e. The number of carbonyl (C=O) groups excluding carboxylic acids is 1. The first-order chi connectivity index (χ1) is 16.1. The van der Waals surface area contributed by atoms with Crippen molar-refractivity contribution >= 4 is 22.6 Å². The molecule has 4 aromatic rings. The van der Waals surface area contributed by atoms with Crippen molar-refractivity contribution in [1.29, 1.82) is 0 Å². The fourth-order valence-electron chi connectivity index (χ4n) is 3.63. The van der Waals surface area contributed by atoms with E-state index in [2.05, 4.69) is 19.9 Å². The van der Waals surface area contributed by atoms with E-state index >= 15 is 0 Å². The molecule has 3 aromatic heterocycles. The molecule has 0 bridgehead atoms. The summed E-state index contributed by atoms with van der Waals surface area (Å²) in [4.78, 5) is 31.8. The van der Waals surface area contributed by atoms with Gasteiger partial charge in [-0.2, -0.15) is 13.2 Å². The monoisotopic (exact) mass is 466 g/mol. The molecule has 0 saturated heterocycles. The summed E-state index contributed by atoms with van der Waals surface area (Å²) in [7, 11) is 0. The van der Waals surface area contributed by atoms with Crippen LogP contribution in [-0.4, -0.2) is 30.7 Å². The first-order valence-electron chi connectivity index (χ1n) is 10.4. The number of alkyl halides is 3. The predicted molar refractivity (Wildman–Crippen MR) is 120 cm³/mol. The van der Waals surface area contributed by atoms with Crippen LogP contribution >= 0.6 is 0 Å². The molecule has 7 nitrogen and oxygen atoms in total. The van der Waals surface area contributed by atoms with E-state index in [1.54, 1.807) is 49.6 Å². The number of nitrogens with two attached hydrogens (primary N) is 1. The van der Waals surface area contributed by atoms with E-state index in [1.807, 2.05) is 6.92 Å². The zero-order chi connectivity index (χ0) is 24.5. The van der Waals surface area contributed by atoms with Crippen LogP contribution in [0.3, 0.4) is 0 Å². The Labute approximate surface area is 193 Å². The number of amides is 1. The first kappa shape index (κ1) is 23.1. The van der Waals surface area contributed by atoms with E-state index in [1.165, 1.54) is 11.0 Å². The summed E-state index contributed by atoms with van der Waals surface area (Å²) in [6.07, 6.45) is -0.607. The van der Waals surface area contributed by atoms with Gasteiger partial charge in [-0.25, -0.2) is 15.0 Å². The van der Waals surface area contributed by atoms with Gasteiger partial charge >= 0.3 is 6.18 Å². The van der Waals surface area contributed by atoms with Crippen LogP contribution in [-0.2, 0) is 12.7 Å². The van der Waals surface area contributed by atoms with Crippen molar-refractivity contribution in [3.8, 4) is 0 Å². The molecule has 1 unspecified atom stereocenters. The number of aromatic nitrogens is 4. The lowest BCUT2D eigenvalue weighted by Gasteiger charge is -2.28. The van der Waals surface area contributed by atoms with Gasteiger partial charge in [0, 0.05) is 29.5 Å². The first-order valence-corrected chi connectivity index (χ1v) is 10.4. The number of rotatable bonds is 5. The van der Waals surface area contributed by atoms with Crippen molar-refractivity contribution < 1.29 is 18.0 Å². The summed E-state index contributed by atoms with van der Waals surface area (Å²) in [5.74, 6) is 0.433. The number of nitrogens with zero attached hydrogens (tertiary/aromatic N) is 5. The Morgan fingerprint density at radius 1 is 1.09 bits per heavy atom. The van der Waals surface area contributed by atoms with Crippen LogP contribution < -0.4 is 5.73 Å². The van der Waals surface area contributed by atoms with E-state index in [-0.39, 0.29) is 12.5 Å². The third-order valence-corrected chi connectivity index (χ3v) is 5.45. The maximum atomic E-state index is 13.6. The number of benzene rings is 1. The maximum Gasteiger partial charge on any atom is 0.417 e. The quantitative estimate of drug-likeness (QED) is 0.457. The van der Waals surface area contributed by atoms with Crippen molar-refractivity contribution in [1.82, 2.24) is 24.8 Å². The number of nitrogen functional groups attached to an aromatic ring is 1. The van der Waals surface area contributed by atoms with Crippen LogP contribution in [0, 0.1) is 6.92 Å². The van der Waals surface area contributed by atoms with E-state index in [9.17, 15) is 18.0 Å². The summed E-state index contributed by atoms with van der Waals surface area (Å²) in [5, 5.41) is 0.774. The molecule has 1 amide bonds. The second kappa shape index (κ2) is 9.05. The Balaban J connectivity index is 1.71. The van der Waals surface area contributed by atoms with Crippen LogP contribution in [0.1, 0.15) is 46.0 Å². The highest BCUT2D eigenvalue weighted by molar-refractivity contribution is 5.99. The summed E-state index contributed by atoms with van der Waals surface area (Å²) in [6.45, 7) is 3.60. The molecule has 10 heteroatoms. The minimum atomic E-state index is -4.49. The number of pyridine rings is 2. The average molecular weight is 466 g/mol. The van der Waals surface area contributed by atoms with E-state index in [0.29, 0.717) is 28.4 Å². The van der Waals surface area contributed by atoms with Gasteiger partial charge in [-0.05, 0) is 61.9 Å². The average Bonchev–Trinajstić information content (AvgIpc) is 2.82. The SMILES string of the molecule is Cc1cc(N)nc2ccc(C(=O)N(Cc3ccc(C(F)(F)F)cn3)C(C)c3ncccn3)cc12. The molecule has 0 spiro atoms. The molecule has 0 aliphatic heterocycles. The minimum absolute atomic E-state index is 0.0343. The topological polar surface area (TPSA) is 97.9 Å². The molecule has 0 radical (unpaired) electrons. The normalized spacial score (nSPS) is 12.5. The lowest BCUT2D eigenvalue weighted by atomic mass is 10.0. The van der Waals surface area contributed by atoms with Crippen LogP contribution in [0.4, 0.5) is 19.0 Å². The highest BCUT2D eigenvalue weighted by Crippen LogP contribution is 2.29. The number of anilines is 1. The fraction of sp³-hybridized carbons (Fsp3) is 0.208. The number of aryl methyl sites for hydroxylation is 1. The molecule has 1 aromatic carbocycles. The highest BCUT2D eigenvalue weighted by atomic mass is 19.4. The van der Waals surface area contributed by atoms with Crippen molar-refractivity contribution in [3.63, 3.8) is 0 Å². The molecule has 34 heavy (non-hydrogen) atoms. The number of hydrogen-bond acceptors (Lipinski definition) is 6. The molecule has 2 N–H and O–H groups in total. The Hall–Kier alpha value is -4.08. The Kier molecular flexibility index (Phi) is 6.14. The number of carbonyl (C=O) groups is 1. The Bertz CT molecular complexity index is 1330. The maximum absolute atomic E-state index is 13.6. The molecular formula is C24H21F3N6O. The zero-order valence-electron chi connectivity index (χ0n) is 18.4. The minimum Gasteiger partial charge on any atom is -0.384 e. The predicted octanol–water partition coefficient (Wildman–Crippen LogP) is 4.73. The molecule has 4 rings (SSSR count). The molecule has 0 aliphatic carbocycles. The van der Waals surface area contributed by atoms with Crippen molar-refractivity contribution in [2.75, 3.05) is 5.73 Å². The van der Waals surface area contributed by atoms with E-state index in [4.69, 9.17) is 5.73 Å². The second-order valence-electron chi connectivity index (χ2n) is 7.85. The summed E-state index contributed by atoms with van der Waals surface area (Å²) >= 11 is 0. The Morgan fingerprint density at radius 2 is 1.82 bits per heavy atom. The van der Waals surface area contributed by atoms with Gasteiger partial charge in [-0.1, -0.05) is 0 Å². The van der Waals surface area contributed by atoms with Gasteiger partial charge in [-0.15, -0.1) is 0 Å². The van der Waals surface area contributed by atoms with Crippen LogP contribution in [0.5, 0.6) is 0 Å². The van der Waals surface area contributed by atoms with Crippen LogP contribution in [0.15, 0.2) is 61.1 Å². The summed E-state index contributed by atoms with van der Waals surface area (Å²) < 4.78 is 38.8. The molecule has 0 saturated carbocycles. The number of halogens is 3. The van der Waals surface area contributed by atoms with Gasteiger partial charge in [0.15, 0.2) is 0 Å². The zero-order valence-corrected chi connectivity index (χ0v) is 18.4. The molecule has 174 valence electrons. The van der Waals surface area contributed by atoms with Gasteiger partial charge < -0.3 is 10.6 Å². The van der Waals surface area contributed by atoms with E-state index < -0.39 is 17.8 Å². The molecular weight excluding hydrogens is 445 g/mol. The van der Waals surface area contributed by atoms with Crippen LogP contribution in [0.25, 0.3) is 10.9 Å². The molecule has 0 fully saturated rings. The highest BCUT2D eigenvalue weighted by Gasteiger charge is 2.31. The summed E-state index contributed by atoms with van der Waals surface area (Å²) in [6, 6.07) is 10.1. The third kappa shape index (κ3) is 4.80. The van der Waals surface area contributed by atoms with Crippen molar-refractivity contribution in [2.45, 2.75) is 32.6 Å². The number of fused-ring (bicyclic) bond motifs is 1. The molecule has 0 aliphatic rings. The third-order valence-electron chi connectivity index (χ3n) is 5.45. The van der Waals surface area contributed by atoms with Gasteiger partial charge in [0.1, 0.15) is 11.6 Å². The van der Waals surface area contributed by atoms with Crippen molar-refractivity contribution in [2.24, 2.45) is 0 Å². The molecule has 1 atom stereocenters. The standard InChI is InChI=1S/C24H21F3N6O/c1-14-10-21(28)32-20-7-4-16(11-19(14)20)23(34)33(15(2)22-29-8-3-9-30-22)13-18-6-5-17(12-31-18)24(25,26)27/h3-12,15H,13H2,1-2H3,(H2,28,32). The molecule has 3 heterocycles. The van der Waals surface area contributed by atoms with Gasteiger partial charge in [-0.3, -0.25) is 9.78 Å². The van der Waals surface area contributed by atoms with Gasteiger partial charge in [0.25, 0.3) is 5.91 Å². The van der Waals surface area contributed by atoms with E-state index in [0.717, 1.165) is 23.2 Å². The number of hydrogen-bond donors (Lipinski definition) is 1. The summed E-state index contributed by atoms with van der Waals surface area (Å²) in [5.41, 5.74) is 7.18. The van der Waals surface area contributed by atoms with Gasteiger partial charge in [0.2, 0.25) is 0 Å². The van der Waals surface area contributed by atoms with Gasteiger partial charge in [0.05, 0.1) is 29.4 Å².